The third-order valence-corrected chi connectivity index (χ3v) is 4.08. The van der Waals surface area contributed by atoms with Crippen LogP contribution in [0.1, 0.15) is 30.3 Å². The van der Waals surface area contributed by atoms with Gasteiger partial charge in [0.15, 0.2) is 11.5 Å². The van der Waals surface area contributed by atoms with Crippen molar-refractivity contribution < 1.29 is 14.7 Å². The van der Waals surface area contributed by atoms with Gasteiger partial charge in [-0.3, -0.25) is 9.59 Å². The molecule has 1 aromatic rings. The number of aromatic nitrogens is 2. The molecule has 7 nitrogen and oxygen atoms in total. The van der Waals surface area contributed by atoms with Gasteiger partial charge in [-0.2, -0.15) is 0 Å². The van der Waals surface area contributed by atoms with Crippen LogP contribution in [0.2, 0.25) is 0 Å². The molecule has 114 valence electrons. The number of amides is 1. The smallest absolute Gasteiger partial charge is 0.311 e. The van der Waals surface area contributed by atoms with Gasteiger partial charge in [0.05, 0.1) is 5.41 Å². The van der Waals surface area contributed by atoms with E-state index in [0.29, 0.717) is 31.7 Å². The van der Waals surface area contributed by atoms with Crippen molar-refractivity contribution >= 4 is 17.7 Å². The number of carbonyl (C=O) groups excluding carboxylic acids is 1. The second-order valence-corrected chi connectivity index (χ2v) is 5.59. The molecule has 1 N–H and O–H groups in total. The van der Waals surface area contributed by atoms with E-state index >= 15 is 0 Å². The van der Waals surface area contributed by atoms with E-state index in [-0.39, 0.29) is 11.6 Å². The maximum atomic E-state index is 11.7. The first-order valence-corrected chi connectivity index (χ1v) is 6.93. The van der Waals surface area contributed by atoms with Gasteiger partial charge < -0.3 is 14.9 Å². The fraction of sp³-hybridized carbons (Fsp3) is 0.571. The highest BCUT2D eigenvalue weighted by molar-refractivity contribution is 5.91. The van der Waals surface area contributed by atoms with Gasteiger partial charge in [0.1, 0.15) is 0 Å². The Balaban J connectivity index is 2.14. The number of aliphatic carboxylic acids is 1. The summed E-state index contributed by atoms with van der Waals surface area (Å²) in [7, 11) is 3.31. The average molecular weight is 292 g/mol. The fourth-order valence-electron chi connectivity index (χ4n) is 2.52. The van der Waals surface area contributed by atoms with Gasteiger partial charge >= 0.3 is 5.97 Å². The summed E-state index contributed by atoms with van der Waals surface area (Å²) in [6.45, 7) is 2.95. The van der Waals surface area contributed by atoms with Crippen LogP contribution in [0, 0.1) is 5.41 Å². The Labute approximate surface area is 123 Å². The molecule has 1 atom stereocenters. The molecule has 0 bridgehead atoms. The highest BCUT2D eigenvalue weighted by Gasteiger charge is 2.43. The van der Waals surface area contributed by atoms with Crippen LogP contribution in [0.4, 0.5) is 5.82 Å². The molecule has 2 rings (SSSR count). The van der Waals surface area contributed by atoms with Crippen molar-refractivity contribution in [2.24, 2.45) is 5.41 Å². The number of hydrogen-bond donors (Lipinski definition) is 1. The zero-order chi connectivity index (χ0) is 15.6. The summed E-state index contributed by atoms with van der Waals surface area (Å²) < 4.78 is 0. The van der Waals surface area contributed by atoms with Crippen LogP contribution >= 0.6 is 0 Å². The lowest BCUT2D eigenvalue weighted by atomic mass is 9.84. The minimum Gasteiger partial charge on any atom is -0.481 e. The van der Waals surface area contributed by atoms with Gasteiger partial charge in [-0.05, 0) is 25.0 Å². The Bertz CT molecular complexity index is 544. The van der Waals surface area contributed by atoms with E-state index in [2.05, 4.69) is 10.2 Å². The van der Waals surface area contributed by atoms with Crippen LogP contribution < -0.4 is 4.90 Å². The molecule has 0 spiro atoms. The van der Waals surface area contributed by atoms with Crippen LogP contribution in [0.5, 0.6) is 0 Å². The zero-order valence-electron chi connectivity index (χ0n) is 12.5. The molecule has 21 heavy (non-hydrogen) atoms. The van der Waals surface area contributed by atoms with E-state index in [4.69, 9.17) is 0 Å². The number of carboxylic acids is 1. The first-order chi connectivity index (χ1) is 9.89. The van der Waals surface area contributed by atoms with Gasteiger partial charge in [-0.15, -0.1) is 10.2 Å². The highest BCUT2D eigenvalue weighted by Crippen LogP contribution is 2.35. The summed E-state index contributed by atoms with van der Waals surface area (Å²) >= 11 is 0. The topological polar surface area (TPSA) is 86.6 Å². The van der Waals surface area contributed by atoms with Crippen molar-refractivity contribution in [2.75, 3.05) is 32.1 Å². The summed E-state index contributed by atoms with van der Waals surface area (Å²) in [5, 5.41) is 17.4. The lowest BCUT2D eigenvalue weighted by Gasteiger charge is -2.23. The number of hydrogen-bond acceptors (Lipinski definition) is 5. The number of rotatable bonds is 4. The standard InChI is InChI=1S/C14H20N4O3/c1-4-14(13(20)21)7-8-18(9-14)11-6-5-10(15-16-11)12(19)17(2)3/h5-6H,4,7-9H2,1-3H3,(H,20,21). The van der Waals surface area contributed by atoms with Gasteiger partial charge in [-0.1, -0.05) is 6.92 Å². The second-order valence-electron chi connectivity index (χ2n) is 5.59. The van der Waals surface area contributed by atoms with Crippen molar-refractivity contribution in [2.45, 2.75) is 19.8 Å². The molecule has 1 aliphatic rings. The number of anilines is 1. The SMILES string of the molecule is CCC1(C(=O)O)CCN(c2ccc(C(=O)N(C)C)nn2)C1. The average Bonchev–Trinajstić information content (AvgIpc) is 2.92. The summed E-state index contributed by atoms with van der Waals surface area (Å²) in [5.41, 5.74) is -0.428. The van der Waals surface area contributed by atoms with E-state index in [0.717, 1.165) is 0 Å². The molecular weight excluding hydrogens is 272 g/mol. The summed E-state index contributed by atoms with van der Waals surface area (Å²) in [6.07, 6.45) is 1.18. The molecule has 1 amide bonds. The maximum absolute atomic E-state index is 11.7. The third-order valence-electron chi connectivity index (χ3n) is 4.08. The van der Waals surface area contributed by atoms with E-state index in [1.54, 1.807) is 26.2 Å². The summed E-state index contributed by atoms with van der Waals surface area (Å²) in [4.78, 5) is 26.5. The van der Waals surface area contributed by atoms with Gasteiger partial charge in [0.2, 0.25) is 0 Å². The molecule has 0 aromatic carbocycles. The molecule has 1 saturated heterocycles. The predicted octanol–water partition coefficient (Wildman–Crippen LogP) is 0.869. The summed E-state index contributed by atoms with van der Waals surface area (Å²) in [5.74, 6) is -0.356. The minimum absolute atomic E-state index is 0.205. The largest absolute Gasteiger partial charge is 0.481 e. The van der Waals surface area contributed by atoms with Crippen molar-refractivity contribution in [1.29, 1.82) is 0 Å². The van der Waals surface area contributed by atoms with E-state index in [1.165, 1.54) is 4.90 Å². The van der Waals surface area contributed by atoms with Crippen molar-refractivity contribution in [3.63, 3.8) is 0 Å². The molecule has 1 fully saturated rings. The molecule has 2 heterocycles. The highest BCUT2D eigenvalue weighted by atomic mass is 16.4. The Morgan fingerprint density at radius 1 is 1.38 bits per heavy atom. The van der Waals surface area contributed by atoms with Gasteiger partial charge in [0.25, 0.3) is 5.91 Å². The lowest BCUT2D eigenvalue weighted by Crippen LogP contribution is -2.34. The summed E-state index contributed by atoms with van der Waals surface area (Å²) in [6, 6.07) is 3.34. The maximum Gasteiger partial charge on any atom is 0.311 e. The Kier molecular flexibility index (Phi) is 4.11. The van der Waals surface area contributed by atoms with Crippen LogP contribution in [0.15, 0.2) is 12.1 Å². The third kappa shape index (κ3) is 2.81. The Morgan fingerprint density at radius 2 is 2.10 bits per heavy atom. The Morgan fingerprint density at radius 3 is 2.52 bits per heavy atom. The first kappa shape index (κ1) is 15.2. The van der Waals surface area contributed by atoms with Gasteiger partial charge in [0, 0.05) is 27.2 Å². The van der Waals surface area contributed by atoms with Crippen molar-refractivity contribution in [1.82, 2.24) is 15.1 Å². The molecule has 0 saturated carbocycles. The molecule has 1 aromatic heterocycles. The fourth-order valence-corrected chi connectivity index (χ4v) is 2.52. The molecule has 7 heteroatoms. The Hall–Kier alpha value is -2.18. The van der Waals surface area contributed by atoms with Crippen LogP contribution in [-0.2, 0) is 4.79 Å². The minimum atomic E-state index is -0.764. The van der Waals surface area contributed by atoms with E-state index in [1.807, 2.05) is 11.8 Å². The van der Waals surface area contributed by atoms with Crippen LogP contribution in [-0.4, -0.2) is 59.3 Å². The lowest BCUT2D eigenvalue weighted by molar-refractivity contribution is -0.147. The van der Waals surface area contributed by atoms with Crippen LogP contribution in [0.3, 0.4) is 0 Å². The van der Waals surface area contributed by atoms with E-state index in [9.17, 15) is 14.7 Å². The van der Waals surface area contributed by atoms with Gasteiger partial charge in [-0.25, -0.2) is 0 Å². The molecule has 0 radical (unpaired) electrons. The molecule has 1 aliphatic heterocycles. The first-order valence-electron chi connectivity index (χ1n) is 6.93. The van der Waals surface area contributed by atoms with Crippen molar-refractivity contribution in [3.8, 4) is 0 Å². The number of carbonyl (C=O) groups is 2. The molecular formula is C14H20N4O3. The van der Waals surface area contributed by atoms with Crippen LogP contribution in [0.25, 0.3) is 0 Å². The molecule has 1 unspecified atom stereocenters. The second kappa shape index (κ2) is 5.67. The molecule has 0 aliphatic carbocycles. The number of nitrogens with zero attached hydrogens (tertiary/aromatic N) is 4. The predicted molar refractivity (Wildman–Crippen MR) is 77.2 cm³/mol. The van der Waals surface area contributed by atoms with E-state index < -0.39 is 11.4 Å². The van der Waals surface area contributed by atoms with Crippen molar-refractivity contribution in [3.05, 3.63) is 17.8 Å². The number of carboxylic acid groups (broad SMARTS) is 1. The normalized spacial score (nSPS) is 21.4. The quantitative estimate of drug-likeness (QED) is 0.886. The zero-order valence-corrected chi connectivity index (χ0v) is 12.5. The monoisotopic (exact) mass is 292 g/mol.